The quantitative estimate of drug-likeness (QED) is 0.395. The molecule has 2 N–H and O–H groups in total. The summed E-state index contributed by atoms with van der Waals surface area (Å²) in [4.78, 5) is 26.8. The van der Waals surface area contributed by atoms with Gasteiger partial charge in [0.15, 0.2) is 11.5 Å². The van der Waals surface area contributed by atoms with Crippen LogP contribution in [0, 0.1) is 12.8 Å². The van der Waals surface area contributed by atoms with Crippen molar-refractivity contribution in [1.82, 2.24) is 5.43 Å². The SMILES string of the molecule is COc1cc(NNC(=O)[C@H]2CC(=O)N(c3ccc(C)cc3)C2)ccc1OCc1ccc(Cl)c(Cl)c1. The maximum atomic E-state index is 12.7. The Morgan fingerprint density at radius 2 is 1.80 bits per heavy atom. The van der Waals surface area contributed by atoms with Gasteiger partial charge < -0.3 is 14.4 Å². The number of hydrogen-bond acceptors (Lipinski definition) is 5. The molecule has 0 radical (unpaired) electrons. The molecule has 182 valence electrons. The maximum absolute atomic E-state index is 12.7. The molecule has 0 saturated carbocycles. The Bertz CT molecular complexity index is 1230. The van der Waals surface area contributed by atoms with Crippen LogP contribution in [0.1, 0.15) is 17.5 Å². The van der Waals surface area contributed by atoms with E-state index in [1.165, 1.54) is 7.11 Å². The molecule has 0 aliphatic carbocycles. The fourth-order valence-corrected chi connectivity index (χ4v) is 4.07. The zero-order valence-electron chi connectivity index (χ0n) is 19.3. The largest absolute Gasteiger partial charge is 0.493 e. The van der Waals surface area contributed by atoms with E-state index in [-0.39, 0.29) is 24.8 Å². The average molecular weight is 514 g/mol. The van der Waals surface area contributed by atoms with E-state index in [0.29, 0.717) is 33.8 Å². The van der Waals surface area contributed by atoms with Crippen LogP contribution >= 0.6 is 23.2 Å². The van der Waals surface area contributed by atoms with Gasteiger partial charge in [-0.25, -0.2) is 0 Å². The van der Waals surface area contributed by atoms with E-state index in [4.69, 9.17) is 32.7 Å². The van der Waals surface area contributed by atoms with E-state index in [1.54, 1.807) is 35.2 Å². The minimum absolute atomic E-state index is 0.0702. The molecule has 9 heteroatoms. The molecular weight excluding hydrogens is 489 g/mol. The molecule has 1 aliphatic rings. The van der Waals surface area contributed by atoms with Crippen LogP contribution in [0.5, 0.6) is 11.5 Å². The number of nitrogens with one attached hydrogen (secondary N) is 2. The first-order valence-electron chi connectivity index (χ1n) is 11.0. The molecule has 1 aliphatic heterocycles. The van der Waals surface area contributed by atoms with Crippen molar-refractivity contribution >= 4 is 46.4 Å². The lowest BCUT2D eigenvalue weighted by Crippen LogP contribution is -2.36. The molecule has 3 aromatic rings. The number of rotatable bonds is 8. The Hall–Kier alpha value is -3.42. The Labute approximate surface area is 213 Å². The lowest BCUT2D eigenvalue weighted by Gasteiger charge is -2.17. The van der Waals surface area contributed by atoms with E-state index in [1.807, 2.05) is 37.3 Å². The van der Waals surface area contributed by atoms with Crippen LogP contribution in [0.15, 0.2) is 60.7 Å². The molecule has 1 fully saturated rings. The summed E-state index contributed by atoms with van der Waals surface area (Å²) in [6, 6.07) is 18.2. The van der Waals surface area contributed by atoms with E-state index >= 15 is 0 Å². The zero-order valence-corrected chi connectivity index (χ0v) is 20.8. The minimum Gasteiger partial charge on any atom is -0.493 e. The fourth-order valence-electron chi connectivity index (χ4n) is 3.75. The van der Waals surface area contributed by atoms with Crippen molar-refractivity contribution in [2.24, 2.45) is 5.92 Å². The van der Waals surface area contributed by atoms with Crippen LogP contribution in [0.4, 0.5) is 11.4 Å². The van der Waals surface area contributed by atoms with Crippen LogP contribution in [-0.4, -0.2) is 25.5 Å². The highest BCUT2D eigenvalue weighted by atomic mass is 35.5. The number of benzene rings is 3. The van der Waals surface area contributed by atoms with Crippen LogP contribution in [0.3, 0.4) is 0 Å². The first kappa shape index (κ1) is 24.7. The van der Waals surface area contributed by atoms with Crippen molar-refractivity contribution in [3.05, 3.63) is 81.8 Å². The van der Waals surface area contributed by atoms with Gasteiger partial charge in [-0.1, -0.05) is 47.0 Å². The number of aryl methyl sites for hydroxylation is 1. The predicted octanol–water partition coefficient (Wildman–Crippen LogP) is 5.39. The summed E-state index contributed by atoms with van der Waals surface area (Å²) in [7, 11) is 1.54. The molecule has 1 atom stereocenters. The number of hydrogen-bond donors (Lipinski definition) is 2. The molecule has 7 nitrogen and oxygen atoms in total. The summed E-state index contributed by atoms with van der Waals surface area (Å²) in [5.74, 6) is 0.245. The number of nitrogens with zero attached hydrogens (tertiary/aromatic N) is 1. The number of hydrazine groups is 1. The number of methoxy groups -OCH3 is 1. The molecule has 35 heavy (non-hydrogen) atoms. The summed E-state index contributed by atoms with van der Waals surface area (Å²) in [5.41, 5.74) is 8.96. The van der Waals surface area contributed by atoms with Crippen molar-refractivity contribution in [1.29, 1.82) is 0 Å². The van der Waals surface area contributed by atoms with E-state index < -0.39 is 5.92 Å². The second-order valence-electron chi connectivity index (χ2n) is 8.26. The zero-order chi connectivity index (χ0) is 24.9. The highest BCUT2D eigenvalue weighted by molar-refractivity contribution is 6.42. The van der Waals surface area contributed by atoms with E-state index in [9.17, 15) is 9.59 Å². The van der Waals surface area contributed by atoms with Gasteiger partial charge in [0.1, 0.15) is 6.61 Å². The standard InChI is InChI=1S/C26H25Cl2N3O4/c1-16-3-7-20(8-4-16)31-14-18(12-25(31)32)26(33)30-29-19-6-10-23(24(13-19)34-2)35-15-17-5-9-21(27)22(28)11-17/h3-11,13,18,29H,12,14-15H2,1-2H3,(H,30,33)/t18-/m0/s1. The Kier molecular flexibility index (Phi) is 7.68. The number of halogens is 2. The summed E-state index contributed by atoms with van der Waals surface area (Å²) in [6.45, 7) is 2.60. The second kappa shape index (κ2) is 10.9. The topological polar surface area (TPSA) is 79.9 Å². The molecule has 0 bridgehead atoms. The first-order valence-corrected chi connectivity index (χ1v) is 11.8. The van der Waals surface area contributed by atoms with Gasteiger partial charge in [-0.2, -0.15) is 0 Å². The molecule has 0 spiro atoms. The molecule has 2 amide bonds. The summed E-state index contributed by atoms with van der Waals surface area (Å²) in [6.07, 6.45) is 0.159. The van der Waals surface area contributed by atoms with Crippen LogP contribution < -0.4 is 25.2 Å². The van der Waals surface area contributed by atoms with Crippen LogP contribution in [0.25, 0.3) is 0 Å². The van der Waals surface area contributed by atoms with Gasteiger partial charge in [0.05, 0.1) is 28.8 Å². The average Bonchev–Trinajstić information content (AvgIpc) is 3.25. The molecule has 1 saturated heterocycles. The Balaban J connectivity index is 1.33. The molecular formula is C26H25Cl2N3O4. The third-order valence-corrected chi connectivity index (χ3v) is 6.45. The van der Waals surface area contributed by atoms with Gasteiger partial charge in [-0.05, 0) is 48.9 Å². The monoisotopic (exact) mass is 513 g/mol. The maximum Gasteiger partial charge on any atom is 0.243 e. The van der Waals surface area contributed by atoms with Crippen molar-refractivity contribution in [2.45, 2.75) is 20.0 Å². The van der Waals surface area contributed by atoms with Gasteiger partial charge in [0.2, 0.25) is 11.8 Å². The molecule has 1 heterocycles. The Morgan fingerprint density at radius 3 is 2.51 bits per heavy atom. The van der Waals surface area contributed by atoms with Gasteiger partial charge in [-0.3, -0.25) is 20.4 Å². The number of ether oxygens (including phenoxy) is 2. The lowest BCUT2D eigenvalue weighted by molar-refractivity contribution is -0.125. The highest BCUT2D eigenvalue weighted by Gasteiger charge is 2.35. The summed E-state index contributed by atoms with van der Waals surface area (Å²) in [5, 5.41) is 0.941. The molecule has 3 aromatic carbocycles. The molecule has 0 unspecified atom stereocenters. The summed E-state index contributed by atoms with van der Waals surface area (Å²) >= 11 is 12.0. The van der Waals surface area contributed by atoms with Crippen molar-refractivity contribution in [2.75, 3.05) is 24.0 Å². The fraction of sp³-hybridized carbons (Fsp3) is 0.231. The van der Waals surface area contributed by atoms with Crippen LogP contribution in [-0.2, 0) is 16.2 Å². The molecule has 4 rings (SSSR count). The van der Waals surface area contributed by atoms with E-state index in [0.717, 1.165) is 16.8 Å². The summed E-state index contributed by atoms with van der Waals surface area (Å²) < 4.78 is 11.3. The normalized spacial score (nSPS) is 15.1. The predicted molar refractivity (Wildman–Crippen MR) is 137 cm³/mol. The minimum atomic E-state index is -0.452. The van der Waals surface area contributed by atoms with Gasteiger partial charge in [-0.15, -0.1) is 0 Å². The number of anilines is 2. The third kappa shape index (κ3) is 5.99. The number of carbonyl (C=O) groups is 2. The Morgan fingerprint density at radius 1 is 1.03 bits per heavy atom. The molecule has 0 aromatic heterocycles. The second-order valence-corrected chi connectivity index (χ2v) is 9.07. The smallest absolute Gasteiger partial charge is 0.243 e. The lowest BCUT2D eigenvalue weighted by atomic mass is 10.1. The number of amides is 2. The van der Waals surface area contributed by atoms with Gasteiger partial charge in [0.25, 0.3) is 0 Å². The van der Waals surface area contributed by atoms with Gasteiger partial charge >= 0.3 is 0 Å². The van der Waals surface area contributed by atoms with Crippen molar-refractivity contribution in [3.8, 4) is 11.5 Å². The van der Waals surface area contributed by atoms with Crippen molar-refractivity contribution in [3.63, 3.8) is 0 Å². The van der Waals surface area contributed by atoms with Crippen molar-refractivity contribution < 1.29 is 19.1 Å². The highest BCUT2D eigenvalue weighted by Crippen LogP contribution is 2.31. The van der Waals surface area contributed by atoms with Crippen LogP contribution in [0.2, 0.25) is 10.0 Å². The van der Waals surface area contributed by atoms with E-state index in [2.05, 4.69) is 10.9 Å². The van der Waals surface area contributed by atoms with Gasteiger partial charge in [0, 0.05) is 24.7 Å². The number of carbonyl (C=O) groups excluding carboxylic acids is 2. The third-order valence-electron chi connectivity index (χ3n) is 5.71. The first-order chi connectivity index (χ1) is 16.8.